The molecular formula is C19H23ClN2O4S. The summed E-state index contributed by atoms with van der Waals surface area (Å²) in [6.07, 6.45) is 1.79. The molecule has 0 radical (unpaired) electrons. The number of rotatable bonds is 7. The number of carbonyl (C=O) groups is 1. The molecule has 1 N–H and O–H groups in total. The molecule has 0 saturated carbocycles. The molecule has 0 aliphatic heterocycles. The number of benzene rings is 2. The van der Waals surface area contributed by atoms with Crippen molar-refractivity contribution in [2.24, 2.45) is 0 Å². The Hall–Kier alpha value is -2.25. The Balaban J connectivity index is 2.11. The summed E-state index contributed by atoms with van der Waals surface area (Å²) in [6.45, 7) is 4.37. The largest absolute Gasteiger partial charge is 0.383 e. The van der Waals surface area contributed by atoms with Crippen LogP contribution in [0.4, 0.5) is 10.5 Å². The molecule has 0 bridgehead atoms. The number of urea groups is 1. The third-order valence-corrected chi connectivity index (χ3v) is 4.75. The minimum absolute atomic E-state index is 0.0178. The summed E-state index contributed by atoms with van der Waals surface area (Å²) in [5.41, 5.74) is 1.53. The SMILES string of the molecule is CC[C@H](C)N(Cc1ccc(OS(C)(=O)=O)cc1)C(=O)Nc1ccc(Cl)cc1. The second kappa shape index (κ2) is 9.10. The second-order valence-electron chi connectivity index (χ2n) is 6.25. The number of halogens is 1. The highest BCUT2D eigenvalue weighted by Crippen LogP contribution is 2.19. The summed E-state index contributed by atoms with van der Waals surface area (Å²) < 4.78 is 27.2. The molecule has 2 rings (SSSR count). The number of hydrogen-bond donors (Lipinski definition) is 1. The Labute approximate surface area is 165 Å². The van der Waals surface area contributed by atoms with E-state index >= 15 is 0 Å². The Morgan fingerprint density at radius 1 is 1.15 bits per heavy atom. The predicted octanol–water partition coefficient (Wildman–Crippen LogP) is 4.51. The fourth-order valence-electron chi connectivity index (χ4n) is 2.40. The average molecular weight is 411 g/mol. The van der Waals surface area contributed by atoms with Crippen LogP contribution in [0.1, 0.15) is 25.8 Å². The average Bonchev–Trinajstić information content (AvgIpc) is 2.61. The molecule has 27 heavy (non-hydrogen) atoms. The van der Waals surface area contributed by atoms with Crippen LogP contribution >= 0.6 is 11.6 Å². The van der Waals surface area contributed by atoms with Gasteiger partial charge in [-0.2, -0.15) is 8.42 Å². The van der Waals surface area contributed by atoms with Crippen molar-refractivity contribution in [1.82, 2.24) is 4.90 Å². The minimum atomic E-state index is -3.57. The monoisotopic (exact) mass is 410 g/mol. The van der Waals surface area contributed by atoms with Gasteiger partial charge in [-0.05, 0) is 55.3 Å². The zero-order chi connectivity index (χ0) is 20.0. The molecule has 0 unspecified atom stereocenters. The zero-order valence-electron chi connectivity index (χ0n) is 15.5. The zero-order valence-corrected chi connectivity index (χ0v) is 17.0. The van der Waals surface area contributed by atoms with E-state index in [4.69, 9.17) is 15.8 Å². The van der Waals surface area contributed by atoms with E-state index in [1.807, 2.05) is 13.8 Å². The van der Waals surface area contributed by atoms with E-state index in [1.54, 1.807) is 53.4 Å². The maximum atomic E-state index is 12.7. The number of carbonyl (C=O) groups excluding carboxylic acids is 1. The summed E-state index contributed by atoms with van der Waals surface area (Å²) in [4.78, 5) is 14.5. The number of hydrogen-bond acceptors (Lipinski definition) is 4. The molecule has 0 fully saturated rings. The van der Waals surface area contributed by atoms with Crippen LogP contribution in [0.25, 0.3) is 0 Å². The number of amides is 2. The van der Waals surface area contributed by atoms with Gasteiger partial charge >= 0.3 is 16.1 Å². The first kappa shape index (κ1) is 21.1. The van der Waals surface area contributed by atoms with Gasteiger partial charge in [0.15, 0.2) is 0 Å². The van der Waals surface area contributed by atoms with Gasteiger partial charge in [-0.1, -0.05) is 30.7 Å². The van der Waals surface area contributed by atoms with E-state index in [9.17, 15) is 13.2 Å². The molecule has 1 atom stereocenters. The molecular weight excluding hydrogens is 388 g/mol. The molecule has 2 aromatic carbocycles. The Kier molecular flexibility index (Phi) is 7.10. The van der Waals surface area contributed by atoms with E-state index in [0.29, 0.717) is 17.3 Å². The van der Waals surface area contributed by atoms with Crippen molar-refractivity contribution in [2.75, 3.05) is 11.6 Å². The summed E-state index contributed by atoms with van der Waals surface area (Å²) in [6, 6.07) is 13.3. The van der Waals surface area contributed by atoms with Gasteiger partial charge in [-0.15, -0.1) is 0 Å². The number of anilines is 1. The van der Waals surface area contributed by atoms with Crippen LogP contribution < -0.4 is 9.50 Å². The topological polar surface area (TPSA) is 75.7 Å². The molecule has 0 saturated heterocycles. The smallest absolute Gasteiger partial charge is 0.322 e. The van der Waals surface area contributed by atoms with E-state index in [-0.39, 0.29) is 17.8 Å². The minimum Gasteiger partial charge on any atom is -0.383 e. The van der Waals surface area contributed by atoms with Crippen LogP contribution in [0.15, 0.2) is 48.5 Å². The maximum absolute atomic E-state index is 12.7. The van der Waals surface area contributed by atoms with Gasteiger partial charge in [0.2, 0.25) is 0 Å². The van der Waals surface area contributed by atoms with Crippen molar-refractivity contribution in [3.05, 3.63) is 59.1 Å². The van der Waals surface area contributed by atoms with Gasteiger partial charge in [0.1, 0.15) is 5.75 Å². The summed E-state index contributed by atoms with van der Waals surface area (Å²) in [5, 5.41) is 3.47. The van der Waals surface area contributed by atoms with Crippen molar-refractivity contribution >= 4 is 33.4 Å². The van der Waals surface area contributed by atoms with E-state index in [1.165, 1.54) is 0 Å². The van der Waals surface area contributed by atoms with Crippen LogP contribution in [-0.4, -0.2) is 31.6 Å². The predicted molar refractivity (Wildman–Crippen MR) is 108 cm³/mol. The van der Waals surface area contributed by atoms with Crippen molar-refractivity contribution in [1.29, 1.82) is 0 Å². The lowest BCUT2D eigenvalue weighted by molar-refractivity contribution is 0.187. The third kappa shape index (κ3) is 6.77. The molecule has 8 heteroatoms. The fraction of sp³-hybridized carbons (Fsp3) is 0.316. The van der Waals surface area contributed by atoms with Crippen LogP contribution in [0.5, 0.6) is 5.75 Å². The van der Waals surface area contributed by atoms with Crippen molar-refractivity contribution in [2.45, 2.75) is 32.9 Å². The van der Waals surface area contributed by atoms with Crippen molar-refractivity contribution in [3.63, 3.8) is 0 Å². The van der Waals surface area contributed by atoms with Crippen LogP contribution in [0, 0.1) is 0 Å². The van der Waals surface area contributed by atoms with E-state index < -0.39 is 10.1 Å². The van der Waals surface area contributed by atoms with Gasteiger partial charge in [0, 0.05) is 23.3 Å². The first-order chi connectivity index (χ1) is 12.7. The molecule has 0 heterocycles. The first-order valence-corrected chi connectivity index (χ1v) is 10.7. The molecule has 2 aromatic rings. The fourth-order valence-corrected chi connectivity index (χ4v) is 2.99. The van der Waals surface area contributed by atoms with Gasteiger partial charge < -0.3 is 14.4 Å². The first-order valence-electron chi connectivity index (χ1n) is 8.49. The molecule has 0 spiro atoms. The summed E-state index contributed by atoms with van der Waals surface area (Å²) >= 11 is 5.87. The molecule has 0 aliphatic rings. The lowest BCUT2D eigenvalue weighted by atomic mass is 10.1. The molecule has 6 nitrogen and oxygen atoms in total. The van der Waals surface area contributed by atoms with Gasteiger partial charge in [0.05, 0.1) is 6.26 Å². The molecule has 0 aliphatic carbocycles. The van der Waals surface area contributed by atoms with Gasteiger partial charge in [0.25, 0.3) is 0 Å². The number of nitrogens with one attached hydrogen (secondary N) is 1. The second-order valence-corrected chi connectivity index (χ2v) is 8.26. The summed E-state index contributed by atoms with van der Waals surface area (Å²) in [5.74, 6) is 0.238. The quantitative estimate of drug-likeness (QED) is 0.681. The normalized spacial score (nSPS) is 12.3. The Morgan fingerprint density at radius 2 is 1.74 bits per heavy atom. The van der Waals surface area contributed by atoms with Crippen LogP contribution in [-0.2, 0) is 16.7 Å². The highest BCUT2D eigenvalue weighted by molar-refractivity contribution is 7.86. The molecule has 146 valence electrons. The van der Waals surface area contributed by atoms with Crippen LogP contribution in [0.2, 0.25) is 5.02 Å². The lowest BCUT2D eigenvalue weighted by Crippen LogP contribution is -2.40. The summed E-state index contributed by atoms with van der Waals surface area (Å²) in [7, 11) is -3.57. The van der Waals surface area contributed by atoms with Gasteiger partial charge in [-0.3, -0.25) is 0 Å². The standard InChI is InChI=1S/C19H23ClN2O4S/c1-4-14(2)22(19(23)21-17-9-7-16(20)8-10-17)13-15-5-11-18(12-6-15)26-27(3,24)25/h5-12,14H,4,13H2,1-3H3,(H,21,23)/t14-/m0/s1. The van der Waals surface area contributed by atoms with Crippen molar-refractivity contribution in [3.8, 4) is 5.75 Å². The van der Waals surface area contributed by atoms with Gasteiger partial charge in [-0.25, -0.2) is 4.79 Å². The van der Waals surface area contributed by atoms with Crippen molar-refractivity contribution < 1.29 is 17.4 Å². The maximum Gasteiger partial charge on any atom is 0.322 e. The lowest BCUT2D eigenvalue weighted by Gasteiger charge is -2.29. The molecule has 2 amide bonds. The van der Waals surface area contributed by atoms with E-state index in [0.717, 1.165) is 18.2 Å². The Bertz CT molecular complexity index is 868. The highest BCUT2D eigenvalue weighted by Gasteiger charge is 2.19. The third-order valence-electron chi connectivity index (χ3n) is 4.00. The Morgan fingerprint density at radius 3 is 2.26 bits per heavy atom. The number of nitrogens with zero attached hydrogens (tertiary/aromatic N) is 1. The highest BCUT2D eigenvalue weighted by atomic mass is 35.5. The van der Waals surface area contributed by atoms with Crippen LogP contribution in [0.3, 0.4) is 0 Å². The van der Waals surface area contributed by atoms with E-state index in [2.05, 4.69) is 5.32 Å². The molecule has 0 aromatic heterocycles.